The highest BCUT2D eigenvalue weighted by molar-refractivity contribution is 4.96. The van der Waals surface area contributed by atoms with E-state index in [1.54, 1.807) is 0 Å². The van der Waals surface area contributed by atoms with Crippen LogP contribution >= 0.6 is 0 Å². The van der Waals surface area contributed by atoms with E-state index >= 15 is 0 Å². The predicted molar refractivity (Wildman–Crippen MR) is 92.3 cm³/mol. The van der Waals surface area contributed by atoms with E-state index in [2.05, 4.69) is 71.8 Å². The molecule has 0 aromatic carbocycles. The van der Waals surface area contributed by atoms with Crippen molar-refractivity contribution in [1.82, 2.24) is 9.80 Å². The minimum absolute atomic E-state index is 0.616. The lowest BCUT2D eigenvalue weighted by molar-refractivity contribution is 0.169. The van der Waals surface area contributed by atoms with Gasteiger partial charge in [-0.05, 0) is 68.2 Å². The van der Waals surface area contributed by atoms with E-state index in [0.29, 0.717) is 24.2 Å². The molecule has 0 saturated carbocycles. The molecule has 2 nitrogen and oxygen atoms in total. The van der Waals surface area contributed by atoms with Gasteiger partial charge in [0.05, 0.1) is 0 Å². The van der Waals surface area contributed by atoms with Crippen LogP contribution in [0.25, 0.3) is 0 Å². The van der Waals surface area contributed by atoms with E-state index in [4.69, 9.17) is 0 Å². The molecule has 120 valence electrons. The molecule has 0 saturated heterocycles. The van der Waals surface area contributed by atoms with Crippen molar-refractivity contribution in [3.8, 4) is 0 Å². The van der Waals surface area contributed by atoms with Crippen molar-refractivity contribution in [3.63, 3.8) is 0 Å². The zero-order chi connectivity index (χ0) is 15.9. The molecule has 0 bridgehead atoms. The molecule has 0 aliphatic heterocycles. The highest BCUT2D eigenvalue weighted by Crippen LogP contribution is 2.13. The summed E-state index contributed by atoms with van der Waals surface area (Å²) in [5.41, 5.74) is 1.39. The summed E-state index contributed by atoms with van der Waals surface area (Å²) >= 11 is 0. The second-order valence-corrected chi connectivity index (χ2v) is 7.10. The molecule has 0 aromatic rings. The van der Waals surface area contributed by atoms with E-state index in [9.17, 15) is 0 Å². The highest BCUT2D eigenvalue weighted by Gasteiger charge is 2.15. The molecular weight excluding hydrogens is 244 g/mol. The first kappa shape index (κ1) is 19.7. The van der Waals surface area contributed by atoms with Gasteiger partial charge in [-0.2, -0.15) is 0 Å². The van der Waals surface area contributed by atoms with Crippen LogP contribution in [0.4, 0.5) is 0 Å². The maximum atomic E-state index is 4.28. The standard InChI is InChI=1S/C18H38N2/c1-14(2)19(15(3)4)12-10-18(9)11-13-20(16(5)6)17(7)8/h14-17H,9-13H2,1-8H3. The average molecular weight is 283 g/mol. The van der Waals surface area contributed by atoms with Gasteiger partial charge in [-0.1, -0.05) is 12.2 Å². The van der Waals surface area contributed by atoms with Crippen molar-refractivity contribution >= 4 is 0 Å². The molecule has 0 aliphatic rings. The zero-order valence-electron chi connectivity index (χ0n) is 15.2. The highest BCUT2D eigenvalue weighted by atomic mass is 15.2. The van der Waals surface area contributed by atoms with Crippen molar-refractivity contribution in [2.45, 2.75) is 92.4 Å². The number of nitrogens with zero attached hydrogens (tertiary/aromatic N) is 2. The molecule has 0 N–H and O–H groups in total. The molecule has 2 heteroatoms. The number of hydrogen-bond donors (Lipinski definition) is 0. The summed E-state index contributed by atoms with van der Waals surface area (Å²) in [6.45, 7) is 24.8. The molecule has 0 atom stereocenters. The van der Waals surface area contributed by atoms with Crippen molar-refractivity contribution in [1.29, 1.82) is 0 Å². The third-order valence-corrected chi connectivity index (χ3v) is 4.10. The van der Waals surface area contributed by atoms with Gasteiger partial charge >= 0.3 is 0 Å². The molecule has 0 rings (SSSR count). The van der Waals surface area contributed by atoms with Gasteiger partial charge in [-0.3, -0.25) is 9.80 Å². The fourth-order valence-corrected chi connectivity index (χ4v) is 2.92. The molecule has 0 heterocycles. The Morgan fingerprint density at radius 2 is 0.900 bits per heavy atom. The minimum atomic E-state index is 0.616. The van der Waals surface area contributed by atoms with Gasteiger partial charge in [-0.25, -0.2) is 0 Å². The monoisotopic (exact) mass is 282 g/mol. The first-order chi connectivity index (χ1) is 9.16. The Morgan fingerprint density at radius 1 is 0.650 bits per heavy atom. The van der Waals surface area contributed by atoms with Gasteiger partial charge in [0, 0.05) is 37.3 Å². The van der Waals surface area contributed by atoms with Crippen LogP contribution in [0.3, 0.4) is 0 Å². The normalized spacial score (nSPS) is 12.7. The summed E-state index contributed by atoms with van der Waals surface area (Å²) in [4.78, 5) is 5.10. The first-order valence-electron chi connectivity index (χ1n) is 8.34. The zero-order valence-corrected chi connectivity index (χ0v) is 15.2. The van der Waals surface area contributed by atoms with Crippen LogP contribution in [0.15, 0.2) is 12.2 Å². The SMILES string of the molecule is C=C(CCN(C(C)C)C(C)C)CCN(C(C)C)C(C)C. The molecular formula is C18H38N2. The first-order valence-corrected chi connectivity index (χ1v) is 8.34. The Kier molecular flexibility index (Phi) is 9.41. The smallest absolute Gasteiger partial charge is 0.00414 e. The molecule has 0 spiro atoms. The molecule has 0 amide bonds. The van der Waals surface area contributed by atoms with Gasteiger partial charge in [0.2, 0.25) is 0 Å². The van der Waals surface area contributed by atoms with Crippen molar-refractivity contribution in [3.05, 3.63) is 12.2 Å². The maximum Gasteiger partial charge on any atom is 0.00414 e. The van der Waals surface area contributed by atoms with Gasteiger partial charge in [-0.15, -0.1) is 0 Å². The van der Waals surface area contributed by atoms with Crippen molar-refractivity contribution < 1.29 is 0 Å². The lowest BCUT2D eigenvalue weighted by Crippen LogP contribution is -2.39. The topological polar surface area (TPSA) is 6.48 Å². The van der Waals surface area contributed by atoms with Gasteiger partial charge in [0.15, 0.2) is 0 Å². The van der Waals surface area contributed by atoms with Crippen LogP contribution < -0.4 is 0 Å². The lowest BCUT2D eigenvalue weighted by atomic mass is 10.1. The Labute approximate surface area is 128 Å². The van der Waals surface area contributed by atoms with E-state index in [-0.39, 0.29) is 0 Å². The van der Waals surface area contributed by atoms with Crippen molar-refractivity contribution in [2.75, 3.05) is 13.1 Å². The molecule has 0 aromatic heterocycles. The molecule has 0 fully saturated rings. The maximum absolute atomic E-state index is 4.28. The molecule has 20 heavy (non-hydrogen) atoms. The van der Waals surface area contributed by atoms with Gasteiger partial charge in [0.25, 0.3) is 0 Å². The van der Waals surface area contributed by atoms with E-state index in [1.807, 2.05) is 0 Å². The Bertz CT molecular complexity index is 225. The second-order valence-electron chi connectivity index (χ2n) is 7.10. The number of rotatable bonds is 10. The summed E-state index contributed by atoms with van der Waals surface area (Å²) in [5.74, 6) is 0. The molecule has 0 aliphatic carbocycles. The van der Waals surface area contributed by atoms with Crippen LogP contribution in [0, 0.1) is 0 Å². The van der Waals surface area contributed by atoms with Crippen LogP contribution in [0.1, 0.15) is 68.2 Å². The van der Waals surface area contributed by atoms with Crippen LogP contribution in [0.5, 0.6) is 0 Å². The molecule has 0 unspecified atom stereocenters. The number of hydrogen-bond acceptors (Lipinski definition) is 2. The summed E-state index contributed by atoms with van der Waals surface area (Å²) < 4.78 is 0. The van der Waals surface area contributed by atoms with E-state index in [0.717, 1.165) is 25.9 Å². The minimum Gasteiger partial charge on any atom is -0.298 e. The van der Waals surface area contributed by atoms with Gasteiger partial charge in [0.1, 0.15) is 0 Å². The van der Waals surface area contributed by atoms with Crippen molar-refractivity contribution in [2.24, 2.45) is 0 Å². The summed E-state index contributed by atoms with van der Waals surface area (Å²) in [7, 11) is 0. The summed E-state index contributed by atoms with van der Waals surface area (Å²) in [5, 5.41) is 0. The average Bonchev–Trinajstić information content (AvgIpc) is 2.27. The predicted octanol–water partition coefficient (Wildman–Crippen LogP) is 4.56. The Balaban J connectivity index is 4.17. The van der Waals surface area contributed by atoms with Crippen LogP contribution in [0.2, 0.25) is 0 Å². The van der Waals surface area contributed by atoms with E-state index < -0.39 is 0 Å². The third kappa shape index (κ3) is 7.44. The molecule has 0 radical (unpaired) electrons. The quantitative estimate of drug-likeness (QED) is 0.542. The fraction of sp³-hybridized carbons (Fsp3) is 0.889. The van der Waals surface area contributed by atoms with Gasteiger partial charge < -0.3 is 0 Å². The second kappa shape index (κ2) is 9.57. The van der Waals surface area contributed by atoms with E-state index in [1.165, 1.54) is 5.57 Å². The Morgan fingerprint density at radius 3 is 1.10 bits per heavy atom. The Hall–Kier alpha value is -0.340. The largest absolute Gasteiger partial charge is 0.298 e. The lowest BCUT2D eigenvalue weighted by Gasteiger charge is -2.32. The fourth-order valence-electron chi connectivity index (χ4n) is 2.92. The summed E-state index contributed by atoms with van der Waals surface area (Å²) in [6.07, 6.45) is 2.25. The third-order valence-electron chi connectivity index (χ3n) is 4.10. The van der Waals surface area contributed by atoms with Crippen LogP contribution in [-0.2, 0) is 0 Å². The summed E-state index contributed by atoms with van der Waals surface area (Å²) in [6, 6.07) is 2.47. The van der Waals surface area contributed by atoms with Crippen LogP contribution in [-0.4, -0.2) is 47.1 Å².